The fourth-order valence-electron chi connectivity index (χ4n) is 2.04. The minimum absolute atomic E-state index is 0.133. The molecule has 25 heavy (non-hydrogen) atoms. The molecule has 1 amide bonds. The number of carbonyl (C=O) groups excluding carboxylic acids is 1. The molecule has 1 aromatic carbocycles. The maximum Gasteiger partial charge on any atom is 0.387 e. The van der Waals surface area contributed by atoms with Crippen molar-refractivity contribution in [1.29, 1.82) is 0 Å². The van der Waals surface area contributed by atoms with Gasteiger partial charge in [-0.2, -0.15) is 13.9 Å². The third-order valence-electron chi connectivity index (χ3n) is 3.27. The van der Waals surface area contributed by atoms with Gasteiger partial charge in [0.1, 0.15) is 10.8 Å². The van der Waals surface area contributed by atoms with Crippen LogP contribution < -0.4 is 10.2 Å². The van der Waals surface area contributed by atoms with E-state index in [-0.39, 0.29) is 18.1 Å². The van der Waals surface area contributed by atoms with Crippen molar-refractivity contribution in [2.24, 2.45) is 5.10 Å². The Balaban J connectivity index is 1.76. The molecule has 0 bridgehead atoms. The summed E-state index contributed by atoms with van der Waals surface area (Å²) in [6.07, 6.45) is 1.54. The molecule has 0 aliphatic rings. The Hall–Kier alpha value is -2.35. The van der Waals surface area contributed by atoms with Gasteiger partial charge in [0.25, 0.3) is 0 Å². The van der Waals surface area contributed by atoms with Gasteiger partial charge in [0.2, 0.25) is 5.91 Å². The van der Waals surface area contributed by atoms with E-state index in [1.807, 2.05) is 19.2 Å². The standard InChI is InChI=1S/C17H19F2N3O2S/c1-11(21-22-15(23)9-16-20-12(2)10-25-16)3-4-13-5-7-14(8-6-13)24-17(18)19/h5-8,10,17H,3-4,9H2,1-2H3,(H,22,23)/b21-11-. The SMILES string of the molecule is C/C(CCc1ccc(OC(F)F)cc1)=N/NC(=O)Cc1nc(C)cs1. The van der Waals surface area contributed by atoms with Crippen LogP contribution in [0.25, 0.3) is 0 Å². The fourth-order valence-corrected chi connectivity index (χ4v) is 2.81. The van der Waals surface area contributed by atoms with E-state index in [9.17, 15) is 13.6 Å². The van der Waals surface area contributed by atoms with E-state index in [0.717, 1.165) is 22.0 Å². The Kier molecular flexibility index (Phi) is 7.00. The Labute approximate surface area is 148 Å². The zero-order valence-electron chi connectivity index (χ0n) is 14.0. The third kappa shape index (κ3) is 6.96. The summed E-state index contributed by atoms with van der Waals surface area (Å²) < 4.78 is 28.5. The Morgan fingerprint density at radius 1 is 1.36 bits per heavy atom. The number of hydrazone groups is 1. The number of hydrogen-bond donors (Lipinski definition) is 1. The molecular weight excluding hydrogens is 348 g/mol. The number of thiazole rings is 1. The van der Waals surface area contributed by atoms with Crippen molar-refractivity contribution < 1.29 is 18.3 Å². The molecule has 0 fully saturated rings. The van der Waals surface area contributed by atoms with Crippen LogP contribution in [0.2, 0.25) is 0 Å². The Morgan fingerprint density at radius 2 is 2.08 bits per heavy atom. The van der Waals surface area contributed by atoms with Gasteiger partial charge < -0.3 is 4.74 Å². The molecule has 1 aromatic heterocycles. The van der Waals surface area contributed by atoms with E-state index in [1.54, 1.807) is 12.1 Å². The average molecular weight is 367 g/mol. The van der Waals surface area contributed by atoms with Crippen LogP contribution in [0.5, 0.6) is 5.75 Å². The minimum Gasteiger partial charge on any atom is -0.435 e. The molecular formula is C17H19F2N3O2S. The van der Waals surface area contributed by atoms with Crippen LogP contribution in [-0.2, 0) is 17.6 Å². The van der Waals surface area contributed by atoms with Crippen molar-refractivity contribution in [1.82, 2.24) is 10.4 Å². The highest BCUT2D eigenvalue weighted by atomic mass is 32.1. The van der Waals surface area contributed by atoms with Crippen LogP contribution in [0.3, 0.4) is 0 Å². The number of nitrogens with zero attached hydrogens (tertiary/aromatic N) is 2. The predicted octanol–water partition coefficient (Wildman–Crippen LogP) is 3.72. The second-order valence-corrected chi connectivity index (χ2v) is 6.41. The predicted molar refractivity (Wildman–Crippen MR) is 93.2 cm³/mol. The van der Waals surface area contributed by atoms with Crippen molar-refractivity contribution in [2.45, 2.75) is 39.7 Å². The van der Waals surface area contributed by atoms with Crippen LogP contribution in [-0.4, -0.2) is 23.2 Å². The summed E-state index contributed by atoms with van der Waals surface area (Å²) in [5.41, 5.74) is 5.17. The molecule has 0 radical (unpaired) electrons. The van der Waals surface area contributed by atoms with Crippen LogP contribution in [0.1, 0.15) is 29.6 Å². The minimum atomic E-state index is -2.82. The van der Waals surface area contributed by atoms with Gasteiger partial charge in [-0.25, -0.2) is 10.4 Å². The summed E-state index contributed by atoms with van der Waals surface area (Å²) in [6, 6.07) is 6.47. The highest BCUT2D eigenvalue weighted by molar-refractivity contribution is 7.09. The first-order valence-electron chi connectivity index (χ1n) is 7.69. The van der Waals surface area contributed by atoms with Crippen molar-refractivity contribution in [3.05, 3.63) is 45.9 Å². The third-order valence-corrected chi connectivity index (χ3v) is 4.24. The van der Waals surface area contributed by atoms with Crippen LogP contribution in [0.4, 0.5) is 8.78 Å². The zero-order valence-corrected chi connectivity index (χ0v) is 14.8. The molecule has 1 heterocycles. The summed E-state index contributed by atoms with van der Waals surface area (Å²) in [5, 5.41) is 6.73. The summed E-state index contributed by atoms with van der Waals surface area (Å²) in [6.45, 7) is 0.881. The molecule has 1 N–H and O–H groups in total. The highest BCUT2D eigenvalue weighted by Crippen LogP contribution is 2.16. The number of carbonyl (C=O) groups is 1. The van der Waals surface area contributed by atoms with Crippen molar-refractivity contribution in [3.63, 3.8) is 0 Å². The lowest BCUT2D eigenvalue weighted by Gasteiger charge is -2.06. The molecule has 0 atom stereocenters. The topological polar surface area (TPSA) is 63.6 Å². The van der Waals surface area contributed by atoms with Gasteiger partial charge in [-0.1, -0.05) is 12.1 Å². The van der Waals surface area contributed by atoms with E-state index < -0.39 is 6.61 Å². The van der Waals surface area contributed by atoms with E-state index in [4.69, 9.17) is 0 Å². The van der Waals surface area contributed by atoms with Gasteiger partial charge in [-0.3, -0.25) is 4.79 Å². The fraction of sp³-hybridized carbons (Fsp3) is 0.353. The largest absolute Gasteiger partial charge is 0.435 e. The van der Waals surface area contributed by atoms with Crippen LogP contribution in [0.15, 0.2) is 34.7 Å². The molecule has 0 unspecified atom stereocenters. The second kappa shape index (κ2) is 9.22. The number of benzene rings is 1. The number of rotatable bonds is 8. The maximum atomic E-state index is 12.1. The van der Waals surface area contributed by atoms with Gasteiger partial charge in [-0.15, -0.1) is 11.3 Å². The van der Waals surface area contributed by atoms with Gasteiger partial charge in [0.15, 0.2) is 0 Å². The molecule has 134 valence electrons. The van der Waals surface area contributed by atoms with Crippen molar-refractivity contribution in [3.8, 4) is 5.75 Å². The number of hydrogen-bond acceptors (Lipinski definition) is 5. The molecule has 2 aromatic rings. The number of alkyl halides is 2. The summed E-state index contributed by atoms with van der Waals surface area (Å²) in [7, 11) is 0. The van der Waals surface area contributed by atoms with Crippen LogP contribution >= 0.6 is 11.3 Å². The van der Waals surface area contributed by atoms with Crippen molar-refractivity contribution in [2.75, 3.05) is 0 Å². The first-order chi connectivity index (χ1) is 11.9. The summed E-state index contributed by atoms with van der Waals surface area (Å²) in [5.74, 6) is -0.0731. The summed E-state index contributed by atoms with van der Waals surface area (Å²) >= 11 is 1.45. The van der Waals surface area contributed by atoms with E-state index in [0.29, 0.717) is 12.8 Å². The molecule has 2 rings (SSSR count). The highest BCUT2D eigenvalue weighted by Gasteiger charge is 2.06. The van der Waals surface area contributed by atoms with Crippen LogP contribution in [0, 0.1) is 6.92 Å². The number of nitrogens with one attached hydrogen (secondary N) is 1. The van der Waals surface area contributed by atoms with E-state index >= 15 is 0 Å². The maximum absolute atomic E-state index is 12.1. The normalized spacial score (nSPS) is 11.6. The molecule has 5 nitrogen and oxygen atoms in total. The van der Waals surface area contributed by atoms with Gasteiger partial charge in [0.05, 0.1) is 6.42 Å². The van der Waals surface area contributed by atoms with E-state index in [2.05, 4.69) is 20.2 Å². The van der Waals surface area contributed by atoms with Gasteiger partial charge in [0, 0.05) is 16.8 Å². The Morgan fingerprint density at radius 3 is 2.68 bits per heavy atom. The average Bonchev–Trinajstić information content (AvgIpc) is 2.96. The molecule has 8 heteroatoms. The molecule has 0 aliphatic carbocycles. The number of ether oxygens (including phenoxy) is 1. The smallest absolute Gasteiger partial charge is 0.387 e. The van der Waals surface area contributed by atoms with E-state index in [1.165, 1.54) is 23.5 Å². The quantitative estimate of drug-likeness (QED) is 0.571. The number of aryl methyl sites for hydroxylation is 2. The molecule has 0 saturated carbocycles. The number of halogens is 2. The molecule has 0 saturated heterocycles. The lowest BCUT2D eigenvalue weighted by Crippen LogP contribution is -2.21. The van der Waals surface area contributed by atoms with Crippen molar-refractivity contribution >= 4 is 23.0 Å². The molecule has 0 spiro atoms. The number of aromatic nitrogens is 1. The lowest BCUT2D eigenvalue weighted by atomic mass is 10.1. The first-order valence-corrected chi connectivity index (χ1v) is 8.57. The van der Waals surface area contributed by atoms with Gasteiger partial charge >= 0.3 is 6.61 Å². The first kappa shape index (κ1) is 19.0. The number of amides is 1. The second-order valence-electron chi connectivity index (χ2n) is 5.46. The zero-order chi connectivity index (χ0) is 18.2. The lowest BCUT2D eigenvalue weighted by molar-refractivity contribution is -0.120. The Bertz CT molecular complexity index is 730. The molecule has 0 aliphatic heterocycles. The van der Waals surface area contributed by atoms with Gasteiger partial charge in [-0.05, 0) is 44.4 Å². The summed E-state index contributed by atoms with van der Waals surface area (Å²) in [4.78, 5) is 16.0. The monoisotopic (exact) mass is 367 g/mol.